The summed E-state index contributed by atoms with van der Waals surface area (Å²) in [6.45, 7) is 0.989. The van der Waals surface area contributed by atoms with Gasteiger partial charge < -0.3 is 10.1 Å². The van der Waals surface area contributed by atoms with Crippen molar-refractivity contribution in [3.8, 4) is 0 Å². The number of amides is 1. The summed E-state index contributed by atoms with van der Waals surface area (Å²) < 4.78 is 33.2. The molecule has 0 bridgehead atoms. The van der Waals surface area contributed by atoms with Crippen LogP contribution in [0.2, 0.25) is 0 Å². The van der Waals surface area contributed by atoms with Crippen LogP contribution in [-0.4, -0.2) is 67.0 Å². The maximum Gasteiger partial charge on any atom is 0.224 e. The Kier molecular flexibility index (Phi) is 3.96. The quantitative estimate of drug-likeness (QED) is 0.758. The van der Waals surface area contributed by atoms with Gasteiger partial charge in [0.1, 0.15) is 5.25 Å². The lowest BCUT2D eigenvalue weighted by Gasteiger charge is -2.30. The molecule has 122 valence electrons. The topological polar surface area (TPSA) is 93.5 Å². The maximum absolute atomic E-state index is 12.5. The first-order valence-electron chi connectivity index (χ1n) is 7.20. The van der Waals surface area contributed by atoms with E-state index in [-0.39, 0.29) is 31.6 Å². The van der Waals surface area contributed by atoms with Crippen LogP contribution in [0.15, 0.2) is 12.4 Å². The summed E-state index contributed by atoms with van der Waals surface area (Å²) in [5.74, 6) is -0.717. The van der Waals surface area contributed by atoms with Gasteiger partial charge in [-0.25, -0.2) is 12.7 Å². The van der Waals surface area contributed by atoms with Gasteiger partial charge in [0, 0.05) is 39.3 Å². The average Bonchev–Trinajstić information content (AvgIpc) is 3.01. The van der Waals surface area contributed by atoms with Crippen LogP contribution < -0.4 is 5.32 Å². The van der Waals surface area contributed by atoms with E-state index in [0.29, 0.717) is 6.54 Å². The fourth-order valence-corrected chi connectivity index (χ4v) is 4.69. The molecule has 8 nitrogen and oxygen atoms in total. The Morgan fingerprint density at radius 2 is 2.14 bits per heavy atom. The lowest BCUT2D eigenvalue weighted by atomic mass is 9.90. The molecule has 0 aliphatic carbocycles. The molecule has 2 saturated heterocycles. The van der Waals surface area contributed by atoms with Crippen molar-refractivity contribution in [1.29, 1.82) is 0 Å². The molecule has 0 unspecified atom stereocenters. The van der Waals surface area contributed by atoms with E-state index in [9.17, 15) is 13.2 Å². The maximum atomic E-state index is 12.5. The molecule has 2 aliphatic heterocycles. The van der Waals surface area contributed by atoms with Crippen LogP contribution in [0.5, 0.6) is 0 Å². The third-order valence-corrected chi connectivity index (χ3v) is 6.54. The van der Waals surface area contributed by atoms with Crippen molar-refractivity contribution in [2.45, 2.75) is 11.2 Å². The van der Waals surface area contributed by atoms with Gasteiger partial charge in [0.2, 0.25) is 15.9 Å². The summed E-state index contributed by atoms with van der Waals surface area (Å²) in [6, 6.07) is 0. The monoisotopic (exact) mass is 328 g/mol. The number of carbonyl (C=O) groups is 1. The summed E-state index contributed by atoms with van der Waals surface area (Å²) >= 11 is 0. The Labute approximate surface area is 129 Å². The number of nitrogens with zero attached hydrogens (tertiary/aromatic N) is 3. The molecule has 0 radical (unpaired) electrons. The molecular weight excluding hydrogens is 308 g/mol. The second kappa shape index (κ2) is 5.64. The van der Waals surface area contributed by atoms with E-state index >= 15 is 0 Å². The molecule has 3 rings (SSSR count). The summed E-state index contributed by atoms with van der Waals surface area (Å²) in [6.07, 6.45) is 3.53. The van der Waals surface area contributed by atoms with Gasteiger partial charge in [-0.2, -0.15) is 5.10 Å². The van der Waals surface area contributed by atoms with Crippen molar-refractivity contribution >= 4 is 15.9 Å². The lowest BCUT2D eigenvalue weighted by Crippen LogP contribution is -2.48. The Morgan fingerprint density at radius 3 is 2.64 bits per heavy atom. The van der Waals surface area contributed by atoms with Crippen LogP contribution >= 0.6 is 0 Å². The molecule has 3 heterocycles. The smallest absolute Gasteiger partial charge is 0.224 e. The van der Waals surface area contributed by atoms with E-state index in [4.69, 9.17) is 4.74 Å². The Bertz CT molecular complexity index is 667. The number of aryl methyl sites for hydroxylation is 1. The number of sulfonamides is 1. The third kappa shape index (κ3) is 2.53. The zero-order chi connectivity index (χ0) is 15.9. The van der Waals surface area contributed by atoms with Crippen molar-refractivity contribution in [3.63, 3.8) is 0 Å². The minimum absolute atomic E-state index is 0.142. The summed E-state index contributed by atoms with van der Waals surface area (Å²) in [4.78, 5) is 12.1. The number of aromatic nitrogens is 2. The van der Waals surface area contributed by atoms with E-state index in [0.717, 1.165) is 5.56 Å². The average molecular weight is 328 g/mol. The fourth-order valence-electron chi connectivity index (χ4n) is 2.99. The van der Waals surface area contributed by atoms with Crippen molar-refractivity contribution in [2.75, 3.05) is 33.4 Å². The van der Waals surface area contributed by atoms with Gasteiger partial charge >= 0.3 is 0 Å². The molecule has 1 N–H and O–H groups in total. The van der Waals surface area contributed by atoms with E-state index in [1.54, 1.807) is 25.0 Å². The molecule has 1 aromatic rings. The van der Waals surface area contributed by atoms with Crippen LogP contribution in [0.25, 0.3) is 0 Å². The molecular formula is C13H20N4O4S. The Morgan fingerprint density at radius 1 is 1.41 bits per heavy atom. The standard InChI is InChI=1S/C13H20N4O4S/c1-14-13(18)12-6-17(22(19,20)10-7-21-8-10)5-11(12)9-3-15-16(2)4-9/h3-4,10-12H,5-8H2,1-2H3,(H,14,18)/t11-,12+/m1/s1. The highest BCUT2D eigenvalue weighted by molar-refractivity contribution is 7.89. The zero-order valence-electron chi connectivity index (χ0n) is 12.6. The molecule has 0 aromatic carbocycles. The summed E-state index contributed by atoms with van der Waals surface area (Å²) in [5, 5.41) is 6.28. The first-order chi connectivity index (χ1) is 10.4. The molecule has 2 aliphatic rings. The normalized spacial score (nSPS) is 26.8. The van der Waals surface area contributed by atoms with Crippen LogP contribution in [-0.2, 0) is 26.6 Å². The number of hydrogen-bond donors (Lipinski definition) is 1. The first-order valence-corrected chi connectivity index (χ1v) is 8.70. The first kappa shape index (κ1) is 15.4. The number of ether oxygens (including phenoxy) is 1. The minimum atomic E-state index is -3.41. The van der Waals surface area contributed by atoms with Gasteiger partial charge in [0.15, 0.2) is 0 Å². The van der Waals surface area contributed by atoms with Gasteiger partial charge in [0.25, 0.3) is 0 Å². The predicted molar refractivity (Wildman–Crippen MR) is 78.6 cm³/mol. The van der Waals surface area contributed by atoms with Gasteiger partial charge in [-0.15, -0.1) is 0 Å². The van der Waals surface area contributed by atoms with Crippen LogP contribution in [0.3, 0.4) is 0 Å². The van der Waals surface area contributed by atoms with Gasteiger partial charge in [-0.1, -0.05) is 0 Å². The van der Waals surface area contributed by atoms with Crippen molar-refractivity contribution in [3.05, 3.63) is 18.0 Å². The van der Waals surface area contributed by atoms with E-state index in [1.165, 1.54) is 4.31 Å². The zero-order valence-corrected chi connectivity index (χ0v) is 13.4. The minimum Gasteiger partial charge on any atom is -0.378 e. The molecule has 1 aromatic heterocycles. The number of nitrogens with one attached hydrogen (secondary N) is 1. The number of hydrogen-bond acceptors (Lipinski definition) is 5. The van der Waals surface area contributed by atoms with Crippen molar-refractivity contribution in [1.82, 2.24) is 19.4 Å². The summed E-state index contributed by atoms with van der Waals surface area (Å²) in [7, 11) is -0.0414. The van der Waals surface area contributed by atoms with Crippen molar-refractivity contribution < 1.29 is 17.9 Å². The predicted octanol–water partition coefficient (Wildman–Crippen LogP) is -1.09. The lowest BCUT2D eigenvalue weighted by molar-refractivity contribution is -0.124. The van der Waals surface area contributed by atoms with Crippen molar-refractivity contribution in [2.24, 2.45) is 13.0 Å². The SMILES string of the molecule is CNC(=O)[C@H]1CN(S(=O)(=O)C2COC2)C[C@@H]1c1cnn(C)c1. The van der Waals surface area contributed by atoms with E-state index < -0.39 is 21.2 Å². The van der Waals surface area contributed by atoms with E-state index in [2.05, 4.69) is 10.4 Å². The van der Waals surface area contributed by atoms with Gasteiger partial charge in [0.05, 0.1) is 25.3 Å². The number of carbonyl (C=O) groups excluding carboxylic acids is 1. The van der Waals surface area contributed by atoms with E-state index in [1.807, 2.05) is 6.20 Å². The van der Waals surface area contributed by atoms with Gasteiger partial charge in [-0.3, -0.25) is 9.48 Å². The van der Waals surface area contributed by atoms with Crippen LogP contribution in [0.1, 0.15) is 11.5 Å². The third-order valence-electron chi connectivity index (χ3n) is 4.41. The fraction of sp³-hybridized carbons (Fsp3) is 0.692. The largest absolute Gasteiger partial charge is 0.378 e. The van der Waals surface area contributed by atoms with Crippen LogP contribution in [0, 0.1) is 5.92 Å². The molecule has 22 heavy (non-hydrogen) atoms. The molecule has 2 atom stereocenters. The second-order valence-corrected chi connectivity index (χ2v) is 8.01. The molecule has 9 heteroatoms. The van der Waals surface area contributed by atoms with Crippen LogP contribution in [0.4, 0.5) is 0 Å². The molecule has 0 saturated carbocycles. The summed E-state index contributed by atoms with van der Waals surface area (Å²) in [5.41, 5.74) is 0.888. The highest BCUT2D eigenvalue weighted by Gasteiger charge is 2.46. The highest BCUT2D eigenvalue weighted by Crippen LogP contribution is 2.35. The highest BCUT2D eigenvalue weighted by atomic mass is 32.2. The molecule has 0 spiro atoms. The Balaban J connectivity index is 1.86. The molecule has 2 fully saturated rings. The number of rotatable bonds is 4. The Hall–Kier alpha value is -1.45. The molecule has 1 amide bonds. The second-order valence-electron chi connectivity index (χ2n) is 5.80. The van der Waals surface area contributed by atoms with Gasteiger partial charge in [-0.05, 0) is 5.56 Å².